The van der Waals surface area contributed by atoms with Crippen LogP contribution in [-0.2, 0) is 0 Å². The number of ether oxygens (including phenoxy) is 2. The van der Waals surface area contributed by atoms with Gasteiger partial charge in [-0.1, -0.05) is 0 Å². The number of carbonyl (C=O) groups is 1. The predicted molar refractivity (Wildman–Crippen MR) is 65.4 cm³/mol. The van der Waals surface area contributed by atoms with E-state index in [1.165, 1.54) is 12.4 Å². The van der Waals surface area contributed by atoms with Crippen molar-refractivity contribution in [3.05, 3.63) is 36.2 Å². The minimum Gasteiger partial charge on any atom is -0.486 e. The highest BCUT2D eigenvalue weighted by atomic mass is 16.6. The molecule has 1 aromatic carbocycles. The Morgan fingerprint density at radius 3 is 2.47 bits per heavy atom. The van der Waals surface area contributed by atoms with Gasteiger partial charge in [0.15, 0.2) is 17.3 Å². The van der Waals surface area contributed by atoms with Gasteiger partial charge in [0.2, 0.25) is 0 Å². The molecular formula is C13H10N2O4. The van der Waals surface area contributed by atoms with Crippen LogP contribution in [0.25, 0.3) is 11.4 Å². The molecule has 6 heteroatoms. The van der Waals surface area contributed by atoms with Gasteiger partial charge in [0, 0.05) is 18.0 Å². The first kappa shape index (κ1) is 11.5. The molecule has 1 N–H and O–H groups in total. The van der Waals surface area contributed by atoms with Crippen molar-refractivity contribution >= 4 is 5.97 Å². The van der Waals surface area contributed by atoms with Gasteiger partial charge in [0.05, 0.1) is 5.56 Å². The van der Waals surface area contributed by atoms with E-state index in [-0.39, 0.29) is 5.56 Å². The second kappa shape index (κ2) is 4.56. The van der Waals surface area contributed by atoms with Crippen molar-refractivity contribution in [1.29, 1.82) is 0 Å². The maximum Gasteiger partial charge on any atom is 0.338 e. The minimum absolute atomic E-state index is 0.0568. The van der Waals surface area contributed by atoms with Crippen molar-refractivity contribution in [2.24, 2.45) is 0 Å². The van der Waals surface area contributed by atoms with Crippen LogP contribution in [0.15, 0.2) is 30.6 Å². The van der Waals surface area contributed by atoms with Crippen molar-refractivity contribution < 1.29 is 19.4 Å². The number of hydrogen-bond acceptors (Lipinski definition) is 5. The number of rotatable bonds is 2. The first-order valence-corrected chi connectivity index (χ1v) is 5.69. The first-order chi connectivity index (χ1) is 9.24. The lowest BCUT2D eigenvalue weighted by atomic mass is 10.2. The second-order valence-corrected chi connectivity index (χ2v) is 3.96. The third kappa shape index (κ3) is 2.20. The molecule has 0 saturated carbocycles. The molecule has 0 saturated heterocycles. The lowest BCUT2D eigenvalue weighted by Gasteiger charge is -2.18. The molecule has 1 aromatic heterocycles. The molecule has 96 valence electrons. The van der Waals surface area contributed by atoms with Crippen molar-refractivity contribution in [2.45, 2.75) is 0 Å². The molecule has 1 aliphatic heterocycles. The molecule has 0 fully saturated rings. The van der Waals surface area contributed by atoms with E-state index < -0.39 is 5.97 Å². The summed E-state index contributed by atoms with van der Waals surface area (Å²) in [5.74, 6) is 0.738. The smallest absolute Gasteiger partial charge is 0.338 e. The molecule has 2 aromatic rings. The number of benzene rings is 1. The Labute approximate surface area is 108 Å². The van der Waals surface area contributed by atoms with E-state index in [1.54, 1.807) is 12.1 Å². The topological polar surface area (TPSA) is 81.5 Å². The van der Waals surface area contributed by atoms with E-state index in [9.17, 15) is 4.79 Å². The minimum atomic E-state index is -1.05. The number of aromatic carboxylic acids is 1. The molecule has 0 aliphatic carbocycles. The molecule has 0 bridgehead atoms. The van der Waals surface area contributed by atoms with Crippen molar-refractivity contribution in [3.8, 4) is 22.9 Å². The van der Waals surface area contributed by atoms with Crippen LogP contribution in [0.1, 0.15) is 10.4 Å². The highest BCUT2D eigenvalue weighted by molar-refractivity contribution is 5.86. The van der Waals surface area contributed by atoms with E-state index in [0.29, 0.717) is 30.5 Å². The Morgan fingerprint density at radius 2 is 1.79 bits per heavy atom. The number of carboxylic acid groups (broad SMARTS) is 1. The van der Waals surface area contributed by atoms with Crippen LogP contribution in [0, 0.1) is 0 Å². The number of nitrogens with zero attached hydrogens (tertiary/aromatic N) is 2. The highest BCUT2D eigenvalue weighted by Crippen LogP contribution is 2.33. The number of aromatic nitrogens is 2. The van der Waals surface area contributed by atoms with Gasteiger partial charge in [0.25, 0.3) is 0 Å². The fraction of sp³-hybridized carbons (Fsp3) is 0.154. The number of hydrogen-bond donors (Lipinski definition) is 1. The molecule has 1 aliphatic rings. The Balaban J connectivity index is 1.95. The molecule has 0 amide bonds. The summed E-state index contributed by atoms with van der Waals surface area (Å²) in [5.41, 5.74) is 0.808. The van der Waals surface area contributed by atoms with Gasteiger partial charge in [-0.3, -0.25) is 0 Å². The summed E-state index contributed by atoms with van der Waals surface area (Å²) in [6.07, 6.45) is 2.56. The van der Waals surface area contributed by atoms with Crippen molar-refractivity contribution in [1.82, 2.24) is 9.97 Å². The van der Waals surface area contributed by atoms with E-state index >= 15 is 0 Å². The lowest BCUT2D eigenvalue weighted by Crippen LogP contribution is -2.15. The third-order valence-electron chi connectivity index (χ3n) is 2.70. The van der Waals surface area contributed by atoms with E-state index in [4.69, 9.17) is 14.6 Å². The molecule has 3 rings (SSSR count). The first-order valence-electron chi connectivity index (χ1n) is 5.69. The van der Waals surface area contributed by atoms with Gasteiger partial charge >= 0.3 is 5.97 Å². The van der Waals surface area contributed by atoms with Gasteiger partial charge < -0.3 is 14.6 Å². The normalized spacial score (nSPS) is 13.1. The molecule has 0 atom stereocenters. The summed E-state index contributed by atoms with van der Waals surface area (Å²) in [7, 11) is 0. The summed E-state index contributed by atoms with van der Waals surface area (Å²) < 4.78 is 10.9. The Bertz CT molecular complexity index is 625. The van der Waals surface area contributed by atoms with Gasteiger partial charge in [-0.15, -0.1) is 0 Å². The van der Waals surface area contributed by atoms with Gasteiger partial charge in [-0.2, -0.15) is 0 Å². The van der Waals surface area contributed by atoms with Crippen LogP contribution in [-0.4, -0.2) is 34.3 Å². The zero-order chi connectivity index (χ0) is 13.2. The van der Waals surface area contributed by atoms with Crippen LogP contribution in [0.2, 0.25) is 0 Å². The molecule has 0 unspecified atom stereocenters. The molecule has 2 heterocycles. The number of carboxylic acids is 1. The third-order valence-corrected chi connectivity index (χ3v) is 2.70. The molecule has 0 spiro atoms. The Hall–Kier alpha value is -2.63. The summed E-state index contributed by atoms with van der Waals surface area (Å²) in [4.78, 5) is 18.8. The van der Waals surface area contributed by atoms with Gasteiger partial charge in [-0.25, -0.2) is 14.8 Å². The van der Waals surface area contributed by atoms with Crippen LogP contribution in [0.3, 0.4) is 0 Å². The van der Waals surface area contributed by atoms with E-state index in [0.717, 1.165) is 5.56 Å². The summed E-state index contributed by atoms with van der Waals surface area (Å²) in [6.45, 7) is 1.05. The largest absolute Gasteiger partial charge is 0.486 e. The monoisotopic (exact) mass is 258 g/mol. The standard InChI is InChI=1S/C13H10N2O4/c16-13(17)9-6-14-12(15-7-9)8-1-2-10-11(5-8)19-4-3-18-10/h1-2,5-7H,3-4H2,(H,16,17). The van der Waals surface area contributed by atoms with Crippen LogP contribution in [0.5, 0.6) is 11.5 Å². The molecule has 6 nitrogen and oxygen atoms in total. The predicted octanol–water partition coefficient (Wildman–Crippen LogP) is 1.61. The fourth-order valence-electron chi connectivity index (χ4n) is 1.77. The fourth-order valence-corrected chi connectivity index (χ4v) is 1.77. The van der Waals surface area contributed by atoms with Crippen LogP contribution in [0.4, 0.5) is 0 Å². The van der Waals surface area contributed by atoms with Gasteiger partial charge in [-0.05, 0) is 18.2 Å². The van der Waals surface area contributed by atoms with E-state index in [1.807, 2.05) is 6.07 Å². The molecular weight excluding hydrogens is 248 g/mol. The zero-order valence-electron chi connectivity index (χ0n) is 9.87. The lowest BCUT2D eigenvalue weighted by molar-refractivity contribution is 0.0696. The second-order valence-electron chi connectivity index (χ2n) is 3.96. The van der Waals surface area contributed by atoms with Crippen LogP contribution >= 0.6 is 0 Å². The zero-order valence-corrected chi connectivity index (χ0v) is 9.87. The molecule has 0 radical (unpaired) electrons. The van der Waals surface area contributed by atoms with Crippen LogP contribution < -0.4 is 9.47 Å². The quantitative estimate of drug-likeness (QED) is 0.881. The summed E-state index contributed by atoms with van der Waals surface area (Å²) >= 11 is 0. The maximum atomic E-state index is 10.7. The Kier molecular flexibility index (Phi) is 2.75. The molecule has 19 heavy (non-hydrogen) atoms. The average molecular weight is 258 g/mol. The van der Waals surface area contributed by atoms with Crippen molar-refractivity contribution in [2.75, 3.05) is 13.2 Å². The average Bonchev–Trinajstić information content (AvgIpc) is 2.47. The van der Waals surface area contributed by atoms with Gasteiger partial charge in [0.1, 0.15) is 13.2 Å². The SMILES string of the molecule is O=C(O)c1cnc(-c2ccc3c(c2)OCCO3)nc1. The maximum absolute atomic E-state index is 10.7. The Morgan fingerprint density at radius 1 is 1.11 bits per heavy atom. The number of fused-ring (bicyclic) bond motifs is 1. The van der Waals surface area contributed by atoms with E-state index in [2.05, 4.69) is 9.97 Å². The summed E-state index contributed by atoms with van der Waals surface area (Å²) in [5, 5.41) is 8.79. The highest BCUT2D eigenvalue weighted by Gasteiger charge is 2.13. The summed E-state index contributed by atoms with van der Waals surface area (Å²) in [6, 6.07) is 5.38. The van der Waals surface area contributed by atoms with Crippen molar-refractivity contribution in [3.63, 3.8) is 0 Å².